The minimum atomic E-state index is -0.400. The molecule has 0 aliphatic carbocycles. The molecular weight excluding hydrogens is 384 g/mol. The molecule has 1 N–H and O–H groups in total. The van der Waals surface area contributed by atoms with E-state index in [1.54, 1.807) is 0 Å². The lowest BCUT2D eigenvalue weighted by Crippen LogP contribution is -2.42. The lowest BCUT2D eigenvalue weighted by Gasteiger charge is -2.36. The zero-order valence-electron chi connectivity index (χ0n) is 18.3. The van der Waals surface area contributed by atoms with E-state index in [4.69, 9.17) is 0 Å². The molecule has 0 unspecified atom stereocenters. The first kappa shape index (κ1) is 21.4. The Bertz CT molecular complexity index is 945. The Labute approximate surface area is 185 Å². The highest BCUT2D eigenvalue weighted by molar-refractivity contribution is 5.78. The van der Waals surface area contributed by atoms with E-state index in [0.717, 1.165) is 37.2 Å². The zero-order chi connectivity index (χ0) is 21.8. The summed E-state index contributed by atoms with van der Waals surface area (Å²) in [7, 11) is 0. The fourth-order valence-corrected chi connectivity index (χ4v) is 5.09. The van der Waals surface area contributed by atoms with Crippen molar-refractivity contribution in [3.8, 4) is 0 Å². The Morgan fingerprint density at radius 1 is 1.13 bits per heavy atom. The van der Waals surface area contributed by atoms with Gasteiger partial charge in [0.05, 0.1) is 18.6 Å². The number of benzene rings is 2. The largest absolute Gasteiger partial charge is 0.393 e. The molecule has 4 rings (SSSR count). The number of fused-ring (bicyclic) bond motifs is 1. The van der Waals surface area contributed by atoms with E-state index in [1.165, 1.54) is 11.1 Å². The molecule has 2 aromatic carbocycles. The predicted octanol–water partition coefficient (Wildman–Crippen LogP) is 4.78. The molecule has 1 saturated heterocycles. The molecule has 0 saturated carbocycles. The fraction of sp³-hybridized carbons (Fsp3) is 0.370. The van der Waals surface area contributed by atoms with Crippen LogP contribution in [-0.4, -0.2) is 40.0 Å². The quantitative estimate of drug-likeness (QED) is 0.737. The highest BCUT2D eigenvalue weighted by atomic mass is 16.3. The van der Waals surface area contributed by atoms with Gasteiger partial charge in [-0.3, -0.25) is 4.79 Å². The predicted molar refractivity (Wildman–Crippen MR) is 125 cm³/mol. The molecule has 0 bridgehead atoms. The van der Waals surface area contributed by atoms with Gasteiger partial charge in [-0.1, -0.05) is 67.3 Å². The van der Waals surface area contributed by atoms with E-state index in [9.17, 15) is 9.90 Å². The summed E-state index contributed by atoms with van der Waals surface area (Å²) in [6, 6.07) is 18.4. The maximum absolute atomic E-state index is 12.7. The lowest BCUT2D eigenvalue weighted by atomic mass is 9.86. The van der Waals surface area contributed by atoms with Crippen molar-refractivity contribution >= 4 is 11.6 Å². The van der Waals surface area contributed by atoms with Crippen LogP contribution in [0.4, 0.5) is 0 Å². The molecule has 1 amide bonds. The Balaban J connectivity index is 1.36. The minimum Gasteiger partial charge on any atom is -0.393 e. The summed E-state index contributed by atoms with van der Waals surface area (Å²) in [5, 5.41) is 11.1. The van der Waals surface area contributed by atoms with Crippen LogP contribution in [0.15, 0.2) is 73.5 Å². The van der Waals surface area contributed by atoms with Crippen LogP contribution in [0.2, 0.25) is 0 Å². The zero-order valence-corrected chi connectivity index (χ0v) is 18.3. The molecule has 162 valence electrons. The molecule has 31 heavy (non-hydrogen) atoms. The summed E-state index contributed by atoms with van der Waals surface area (Å²) in [4.78, 5) is 16.8. The van der Waals surface area contributed by atoms with E-state index in [-0.39, 0.29) is 17.9 Å². The molecule has 4 heteroatoms. The van der Waals surface area contributed by atoms with Gasteiger partial charge in [0.1, 0.15) is 0 Å². The third-order valence-corrected chi connectivity index (χ3v) is 6.78. The van der Waals surface area contributed by atoms with Crippen LogP contribution >= 0.6 is 0 Å². The van der Waals surface area contributed by atoms with Crippen molar-refractivity contribution in [2.24, 2.45) is 5.92 Å². The van der Waals surface area contributed by atoms with Crippen LogP contribution in [-0.2, 0) is 11.2 Å². The van der Waals surface area contributed by atoms with Crippen LogP contribution in [0.3, 0.4) is 0 Å². The Morgan fingerprint density at radius 3 is 2.48 bits per heavy atom. The van der Waals surface area contributed by atoms with Gasteiger partial charge in [0.2, 0.25) is 5.91 Å². The number of hydrogen-bond donors (Lipinski definition) is 1. The van der Waals surface area contributed by atoms with Crippen molar-refractivity contribution in [2.75, 3.05) is 13.1 Å². The number of likely N-dealkylation sites (tertiary alicyclic amines) is 1. The number of hydrogen-bond acceptors (Lipinski definition) is 3. The van der Waals surface area contributed by atoms with Gasteiger partial charge >= 0.3 is 0 Å². The van der Waals surface area contributed by atoms with Crippen molar-refractivity contribution in [1.29, 1.82) is 0 Å². The van der Waals surface area contributed by atoms with Crippen LogP contribution < -0.4 is 0 Å². The van der Waals surface area contributed by atoms with E-state index < -0.39 is 6.10 Å². The molecule has 0 spiro atoms. The number of aliphatic hydroxyl groups is 1. The standard InChI is InChI=1S/C27H32N2O2/c1-3-24-22-12-8-9-13-23(22)25(29(24)4-2)19-26(30)21-14-16-28(17-15-21)27(31)18-20-10-6-5-7-11-20/h3-13,21,25-26,30H,2,14-19H2,1H3/b24-3-/t25-,26-/m1/s1. The van der Waals surface area contributed by atoms with Crippen LogP contribution in [0.25, 0.3) is 5.70 Å². The third-order valence-electron chi connectivity index (χ3n) is 6.78. The van der Waals surface area contributed by atoms with Gasteiger partial charge in [0.25, 0.3) is 0 Å². The monoisotopic (exact) mass is 416 g/mol. The maximum Gasteiger partial charge on any atom is 0.226 e. The Hall–Kier alpha value is -2.85. The second kappa shape index (κ2) is 9.52. The summed E-state index contributed by atoms with van der Waals surface area (Å²) < 4.78 is 0. The molecule has 2 aliphatic rings. The van der Waals surface area contributed by atoms with Crippen molar-refractivity contribution in [1.82, 2.24) is 9.80 Å². The lowest BCUT2D eigenvalue weighted by molar-refractivity contribution is -0.132. The van der Waals surface area contributed by atoms with Gasteiger partial charge in [0.15, 0.2) is 0 Å². The molecular formula is C27H32N2O2. The average Bonchev–Trinajstić information content (AvgIpc) is 3.12. The maximum atomic E-state index is 12.7. The van der Waals surface area contributed by atoms with Crippen molar-refractivity contribution in [3.63, 3.8) is 0 Å². The number of piperidine rings is 1. The van der Waals surface area contributed by atoms with Gasteiger partial charge < -0.3 is 14.9 Å². The summed E-state index contributed by atoms with van der Waals surface area (Å²) in [5.41, 5.74) is 4.69. The number of amides is 1. The second-order valence-electron chi connectivity index (χ2n) is 8.55. The number of carbonyl (C=O) groups is 1. The number of rotatable bonds is 6. The molecule has 2 heterocycles. The second-order valence-corrected chi connectivity index (χ2v) is 8.55. The molecule has 2 aromatic rings. The molecule has 1 fully saturated rings. The summed E-state index contributed by atoms with van der Waals surface area (Å²) in [6.45, 7) is 7.51. The van der Waals surface area contributed by atoms with Gasteiger partial charge in [-0.05, 0) is 49.4 Å². The normalized spacial score (nSPS) is 21.2. The summed E-state index contributed by atoms with van der Waals surface area (Å²) in [6.07, 6.45) is 6.40. The van der Waals surface area contributed by atoms with Crippen molar-refractivity contribution in [2.45, 2.75) is 44.8 Å². The first-order valence-corrected chi connectivity index (χ1v) is 11.3. The highest BCUT2D eigenvalue weighted by Crippen LogP contribution is 2.44. The number of aliphatic hydroxyl groups excluding tert-OH is 1. The van der Waals surface area contributed by atoms with Crippen LogP contribution in [0.1, 0.15) is 48.9 Å². The van der Waals surface area contributed by atoms with Gasteiger partial charge in [-0.15, -0.1) is 0 Å². The highest BCUT2D eigenvalue weighted by Gasteiger charge is 2.36. The van der Waals surface area contributed by atoms with Crippen molar-refractivity contribution in [3.05, 3.63) is 90.1 Å². The smallest absolute Gasteiger partial charge is 0.226 e. The third kappa shape index (κ3) is 4.45. The van der Waals surface area contributed by atoms with Crippen LogP contribution in [0.5, 0.6) is 0 Å². The number of carbonyl (C=O) groups excluding carboxylic acids is 1. The van der Waals surface area contributed by atoms with Crippen LogP contribution in [0, 0.1) is 5.92 Å². The summed E-state index contributed by atoms with van der Waals surface area (Å²) in [5.74, 6) is 0.397. The SMILES string of the molecule is C=CN1/C(=C\C)c2ccccc2[C@H]1C[C@@H](O)C1CCN(C(=O)Cc2ccccc2)CC1. The topological polar surface area (TPSA) is 43.8 Å². The molecule has 0 radical (unpaired) electrons. The van der Waals surface area contributed by atoms with Crippen molar-refractivity contribution < 1.29 is 9.90 Å². The molecule has 0 aromatic heterocycles. The molecule has 2 aliphatic heterocycles. The Kier molecular flexibility index (Phi) is 6.57. The molecule has 4 nitrogen and oxygen atoms in total. The van der Waals surface area contributed by atoms with E-state index in [1.807, 2.05) is 48.4 Å². The fourth-order valence-electron chi connectivity index (χ4n) is 5.09. The van der Waals surface area contributed by atoms with E-state index in [2.05, 4.69) is 41.8 Å². The van der Waals surface area contributed by atoms with Gasteiger partial charge in [0, 0.05) is 24.4 Å². The van der Waals surface area contributed by atoms with Gasteiger partial charge in [-0.2, -0.15) is 0 Å². The summed E-state index contributed by atoms with van der Waals surface area (Å²) >= 11 is 0. The van der Waals surface area contributed by atoms with Gasteiger partial charge in [-0.25, -0.2) is 0 Å². The average molecular weight is 417 g/mol. The van der Waals surface area contributed by atoms with E-state index in [0.29, 0.717) is 12.8 Å². The number of allylic oxidation sites excluding steroid dienone is 1. The first-order chi connectivity index (χ1) is 15.1. The van der Waals surface area contributed by atoms with E-state index >= 15 is 0 Å². The number of nitrogens with zero attached hydrogens (tertiary/aromatic N) is 2. The Morgan fingerprint density at radius 2 is 1.81 bits per heavy atom. The first-order valence-electron chi connectivity index (χ1n) is 11.3. The minimum absolute atomic E-state index is 0.104. The molecule has 2 atom stereocenters.